The molecule has 0 saturated carbocycles. The molecule has 3 heterocycles. The van der Waals surface area contributed by atoms with Crippen molar-refractivity contribution in [2.75, 3.05) is 45.9 Å². The lowest BCUT2D eigenvalue weighted by atomic mass is 10.0. The molecule has 0 bridgehead atoms. The van der Waals surface area contributed by atoms with E-state index in [1.807, 2.05) is 0 Å². The van der Waals surface area contributed by atoms with Gasteiger partial charge >= 0.3 is 6.03 Å². The minimum absolute atomic E-state index is 0.0336. The van der Waals surface area contributed by atoms with E-state index in [0.29, 0.717) is 39.3 Å². The highest BCUT2D eigenvalue weighted by Crippen LogP contribution is 2.29. The summed E-state index contributed by atoms with van der Waals surface area (Å²) in [7, 11) is 0. The molecule has 0 aromatic heterocycles. The number of hydrogen-bond donors (Lipinski definition) is 0. The summed E-state index contributed by atoms with van der Waals surface area (Å²) in [5, 5.41) is 0. The Morgan fingerprint density at radius 3 is 2.25 bits per heavy atom. The van der Waals surface area contributed by atoms with E-state index in [9.17, 15) is 18.4 Å². The third-order valence-corrected chi connectivity index (χ3v) is 5.12. The van der Waals surface area contributed by atoms with Crippen LogP contribution in [0.2, 0.25) is 0 Å². The van der Waals surface area contributed by atoms with E-state index >= 15 is 0 Å². The molecule has 0 aliphatic carbocycles. The minimum atomic E-state index is -2.68. The summed E-state index contributed by atoms with van der Waals surface area (Å²) in [5.41, 5.74) is 0. The molecule has 3 fully saturated rings. The van der Waals surface area contributed by atoms with Crippen molar-refractivity contribution in [1.82, 2.24) is 14.7 Å². The number of alkyl halides is 2. The van der Waals surface area contributed by atoms with Crippen molar-refractivity contribution in [2.45, 2.75) is 44.1 Å². The Hall–Kier alpha value is -1.44. The van der Waals surface area contributed by atoms with Crippen molar-refractivity contribution in [3.05, 3.63) is 0 Å². The predicted molar refractivity (Wildman–Crippen MR) is 82.9 cm³/mol. The molecule has 24 heavy (non-hydrogen) atoms. The van der Waals surface area contributed by atoms with Gasteiger partial charge in [0.15, 0.2) is 0 Å². The van der Waals surface area contributed by atoms with Gasteiger partial charge in [0.05, 0.1) is 13.2 Å². The van der Waals surface area contributed by atoms with Crippen LogP contribution in [0.3, 0.4) is 0 Å². The number of piperidine rings is 2. The zero-order valence-corrected chi connectivity index (χ0v) is 13.9. The summed E-state index contributed by atoms with van der Waals surface area (Å²) < 4.78 is 31.9. The third-order valence-electron chi connectivity index (χ3n) is 5.12. The Kier molecular flexibility index (Phi) is 5.22. The number of amides is 3. The molecule has 0 radical (unpaired) electrons. The number of hydrogen-bond acceptors (Lipinski definition) is 3. The van der Waals surface area contributed by atoms with Gasteiger partial charge in [0.1, 0.15) is 6.04 Å². The molecule has 0 aromatic rings. The lowest BCUT2D eigenvalue weighted by Crippen LogP contribution is -2.58. The SMILES string of the molecule is O=C(C1CCCCN1C(=O)N1CCC(F)(F)CC1)N1CCOCC1. The Morgan fingerprint density at radius 2 is 1.58 bits per heavy atom. The number of carbonyl (C=O) groups is 2. The van der Waals surface area contributed by atoms with E-state index in [4.69, 9.17) is 4.74 Å². The Morgan fingerprint density at radius 1 is 0.917 bits per heavy atom. The van der Waals surface area contributed by atoms with Gasteiger partial charge in [-0.15, -0.1) is 0 Å². The van der Waals surface area contributed by atoms with Crippen LogP contribution in [-0.4, -0.2) is 84.5 Å². The Bertz CT molecular complexity index is 473. The van der Waals surface area contributed by atoms with Crippen LogP contribution in [0.5, 0.6) is 0 Å². The second kappa shape index (κ2) is 7.21. The number of halogens is 2. The number of urea groups is 1. The number of likely N-dealkylation sites (tertiary alicyclic amines) is 2. The van der Waals surface area contributed by atoms with Crippen molar-refractivity contribution < 1.29 is 23.1 Å². The van der Waals surface area contributed by atoms with Gasteiger partial charge < -0.3 is 19.4 Å². The summed E-state index contributed by atoms with van der Waals surface area (Å²) in [6.07, 6.45) is 1.81. The predicted octanol–water partition coefficient (Wildman–Crippen LogP) is 1.55. The highest BCUT2D eigenvalue weighted by Gasteiger charge is 2.40. The first-order valence-corrected chi connectivity index (χ1v) is 8.78. The highest BCUT2D eigenvalue weighted by molar-refractivity contribution is 5.87. The maximum absolute atomic E-state index is 13.3. The first kappa shape index (κ1) is 17.4. The second-order valence-corrected chi connectivity index (χ2v) is 6.77. The number of carbonyl (C=O) groups excluding carboxylic acids is 2. The van der Waals surface area contributed by atoms with Gasteiger partial charge in [-0.3, -0.25) is 4.79 Å². The zero-order valence-electron chi connectivity index (χ0n) is 13.9. The van der Waals surface area contributed by atoms with Crippen molar-refractivity contribution in [1.29, 1.82) is 0 Å². The average molecular weight is 345 g/mol. The Labute approximate surface area is 140 Å². The molecule has 0 aromatic carbocycles. The van der Waals surface area contributed by atoms with E-state index < -0.39 is 12.0 Å². The maximum Gasteiger partial charge on any atom is 0.320 e. The van der Waals surface area contributed by atoms with Crippen molar-refractivity contribution in [3.63, 3.8) is 0 Å². The van der Waals surface area contributed by atoms with Crippen molar-refractivity contribution in [2.24, 2.45) is 0 Å². The summed E-state index contributed by atoms with van der Waals surface area (Å²) in [5.74, 6) is -2.71. The molecule has 3 amide bonds. The van der Waals surface area contributed by atoms with E-state index in [-0.39, 0.29) is 37.9 Å². The average Bonchev–Trinajstić information content (AvgIpc) is 2.61. The molecule has 8 heteroatoms. The van der Waals surface area contributed by atoms with E-state index in [2.05, 4.69) is 0 Å². The summed E-state index contributed by atoms with van der Waals surface area (Å²) in [4.78, 5) is 30.4. The summed E-state index contributed by atoms with van der Waals surface area (Å²) >= 11 is 0. The standard InChI is InChI=1S/C16H25F2N3O3/c17-16(18)4-7-20(8-5-16)15(23)21-6-2-1-3-13(21)14(22)19-9-11-24-12-10-19/h13H,1-12H2. The molecular formula is C16H25F2N3O3. The summed E-state index contributed by atoms with van der Waals surface area (Å²) in [6.45, 7) is 2.77. The third kappa shape index (κ3) is 3.79. The van der Waals surface area contributed by atoms with E-state index in [1.54, 1.807) is 9.80 Å². The van der Waals surface area contributed by atoms with Crippen molar-refractivity contribution in [3.8, 4) is 0 Å². The normalized spacial score (nSPS) is 27.9. The first-order valence-electron chi connectivity index (χ1n) is 8.78. The molecule has 3 rings (SSSR count). The fourth-order valence-electron chi connectivity index (χ4n) is 3.62. The summed E-state index contributed by atoms with van der Waals surface area (Å²) in [6, 6.07) is -0.733. The molecule has 3 aliphatic rings. The van der Waals surface area contributed by atoms with Crippen LogP contribution < -0.4 is 0 Å². The number of morpholine rings is 1. The van der Waals surface area contributed by atoms with Gasteiger partial charge in [0, 0.05) is 45.6 Å². The Balaban J connectivity index is 1.65. The molecule has 1 atom stereocenters. The molecule has 1 unspecified atom stereocenters. The quantitative estimate of drug-likeness (QED) is 0.725. The van der Waals surface area contributed by atoms with Gasteiger partial charge in [-0.05, 0) is 19.3 Å². The lowest BCUT2D eigenvalue weighted by Gasteiger charge is -2.42. The van der Waals surface area contributed by atoms with Gasteiger partial charge in [-0.25, -0.2) is 13.6 Å². The number of nitrogens with zero attached hydrogens (tertiary/aromatic N) is 3. The molecule has 0 spiro atoms. The van der Waals surface area contributed by atoms with Gasteiger partial charge in [-0.2, -0.15) is 0 Å². The fourth-order valence-corrected chi connectivity index (χ4v) is 3.62. The van der Waals surface area contributed by atoms with Crippen LogP contribution in [0.1, 0.15) is 32.1 Å². The van der Waals surface area contributed by atoms with Gasteiger partial charge in [0.25, 0.3) is 5.92 Å². The molecule has 3 aliphatic heterocycles. The van der Waals surface area contributed by atoms with Crippen LogP contribution in [0.25, 0.3) is 0 Å². The van der Waals surface area contributed by atoms with Gasteiger partial charge in [0.2, 0.25) is 5.91 Å². The van der Waals surface area contributed by atoms with Crippen LogP contribution >= 0.6 is 0 Å². The largest absolute Gasteiger partial charge is 0.378 e. The number of ether oxygens (including phenoxy) is 1. The molecular weight excluding hydrogens is 320 g/mol. The van der Waals surface area contributed by atoms with E-state index in [1.165, 1.54) is 4.90 Å². The van der Waals surface area contributed by atoms with Crippen LogP contribution in [0.4, 0.5) is 13.6 Å². The molecule has 6 nitrogen and oxygen atoms in total. The second-order valence-electron chi connectivity index (χ2n) is 6.77. The molecule has 0 N–H and O–H groups in total. The highest BCUT2D eigenvalue weighted by atomic mass is 19.3. The van der Waals surface area contributed by atoms with Crippen LogP contribution in [0, 0.1) is 0 Å². The van der Waals surface area contributed by atoms with Gasteiger partial charge in [-0.1, -0.05) is 0 Å². The zero-order chi connectivity index (χ0) is 17.2. The van der Waals surface area contributed by atoms with Crippen LogP contribution in [-0.2, 0) is 9.53 Å². The molecule has 3 saturated heterocycles. The maximum atomic E-state index is 13.3. The first-order chi connectivity index (χ1) is 11.5. The lowest BCUT2D eigenvalue weighted by molar-refractivity contribution is -0.141. The van der Waals surface area contributed by atoms with Crippen molar-refractivity contribution >= 4 is 11.9 Å². The number of rotatable bonds is 1. The molecule has 136 valence electrons. The topological polar surface area (TPSA) is 53.1 Å². The smallest absolute Gasteiger partial charge is 0.320 e. The van der Waals surface area contributed by atoms with E-state index in [0.717, 1.165) is 12.8 Å². The fraction of sp³-hybridized carbons (Fsp3) is 0.875. The monoisotopic (exact) mass is 345 g/mol. The minimum Gasteiger partial charge on any atom is -0.378 e. The van der Waals surface area contributed by atoms with Crippen LogP contribution in [0.15, 0.2) is 0 Å².